The number of aromatic amines is 1. The average Bonchev–Trinajstić information content (AvgIpc) is 3.28. The zero-order valence-electron chi connectivity index (χ0n) is 18.4. The predicted octanol–water partition coefficient (Wildman–Crippen LogP) is 3.09. The van der Waals surface area contributed by atoms with Crippen molar-refractivity contribution in [2.24, 2.45) is 17.3 Å². The van der Waals surface area contributed by atoms with Gasteiger partial charge in [-0.3, -0.25) is 14.3 Å². The highest BCUT2D eigenvalue weighted by Crippen LogP contribution is 2.52. The highest BCUT2D eigenvalue weighted by atomic mass is 19.4. The van der Waals surface area contributed by atoms with Gasteiger partial charge in [0.2, 0.25) is 11.8 Å². The molecule has 1 saturated heterocycles. The maximum Gasteiger partial charge on any atom is 0.522 e. The van der Waals surface area contributed by atoms with Crippen LogP contribution in [0.3, 0.4) is 0 Å². The summed E-state index contributed by atoms with van der Waals surface area (Å²) >= 11 is 0. The fourth-order valence-corrected chi connectivity index (χ4v) is 5.32. The van der Waals surface area contributed by atoms with Crippen molar-refractivity contribution in [3.8, 4) is 0 Å². The molecule has 2 heterocycles. The van der Waals surface area contributed by atoms with Crippen molar-refractivity contribution in [1.29, 1.82) is 0 Å². The third kappa shape index (κ3) is 6.33. The van der Waals surface area contributed by atoms with Gasteiger partial charge in [-0.15, -0.1) is 13.2 Å². The molecule has 2 amide bonds. The molecule has 3 fully saturated rings. The third-order valence-electron chi connectivity index (χ3n) is 7.30. The minimum atomic E-state index is -4.59. The van der Waals surface area contributed by atoms with Gasteiger partial charge in [0, 0.05) is 19.0 Å². The quantitative estimate of drug-likeness (QED) is 0.624. The Hall–Kier alpha value is -2.43. The second-order valence-corrected chi connectivity index (χ2v) is 9.57. The summed E-state index contributed by atoms with van der Waals surface area (Å²) in [7, 11) is 0. The van der Waals surface area contributed by atoms with Crippen LogP contribution in [0.15, 0.2) is 18.3 Å². The Bertz CT molecular complexity index is 834. The normalized spacial score (nSPS) is 25.8. The first-order valence-corrected chi connectivity index (χ1v) is 11.6. The molecule has 0 atom stereocenters. The van der Waals surface area contributed by atoms with Crippen LogP contribution >= 0.6 is 0 Å². The number of H-pyrrole nitrogens is 1. The zero-order valence-corrected chi connectivity index (χ0v) is 18.4. The number of carbonyl (C=O) groups excluding carboxylic acids is 2. The Balaban J connectivity index is 1.14. The zero-order chi connectivity index (χ0) is 23.5. The van der Waals surface area contributed by atoms with E-state index < -0.39 is 12.5 Å². The number of amides is 2. The minimum absolute atomic E-state index is 0.00972. The van der Waals surface area contributed by atoms with Crippen molar-refractivity contribution >= 4 is 11.8 Å². The molecular formula is C22H30F3N5O3. The van der Waals surface area contributed by atoms with E-state index in [0.29, 0.717) is 51.0 Å². The van der Waals surface area contributed by atoms with Crippen molar-refractivity contribution in [1.82, 2.24) is 25.6 Å². The number of carbonyl (C=O) groups is 2. The fraction of sp³-hybridized carbons (Fsp3) is 0.727. The Morgan fingerprint density at radius 2 is 1.91 bits per heavy atom. The summed E-state index contributed by atoms with van der Waals surface area (Å²) in [5, 5.41) is 13.1. The molecule has 182 valence electrons. The SMILES string of the molecule is O=C(NCc1cn[nH]n1)C1CC2(CCN(C(=O)C=CC3CCC(OC(F)(F)F)CC3)CC2)C1. The van der Waals surface area contributed by atoms with Crippen LogP contribution in [0.1, 0.15) is 57.1 Å². The minimum Gasteiger partial charge on any atom is -0.350 e. The summed E-state index contributed by atoms with van der Waals surface area (Å²) in [6, 6.07) is 0. The predicted molar refractivity (Wildman–Crippen MR) is 111 cm³/mol. The van der Waals surface area contributed by atoms with Gasteiger partial charge < -0.3 is 10.2 Å². The number of nitrogens with zero attached hydrogens (tertiary/aromatic N) is 3. The number of hydrogen-bond donors (Lipinski definition) is 2. The van der Waals surface area contributed by atoms with Crippen LogP contribution in [0.4, 0.5) is 13.2 Å². The molecule has 1 aromatic heterocycles. The van der Waals surface area contributed by atoms with Gasteiger partial charge in [-0.25, -0.2) is 0 Å². The molecule has 0 aromatic carbocycles. The second-order valence-electron chi connectivity index (χ2n) is 9.57. The van der Waals surface area contributed by atoms with E-state index in [2.05, 4.69) is 25.5 Å². The number of ether oxygens (including phenoxy) is 1. The van der Waals surface area contributed by atoms with E-state index in [1.54, 1.807) is 12.3 Å². The largest absolute Gasteiger partial charge is 0.522 e. The van der Waals surface area contributed by atoms with Crippen LogP contribution in [-0.2, 0) is 20.9 Å². The summed E-state index contributed by atoms with van der Waals surface area (Å²) in [5.74, 6) is 0.122. The Kier molecular flexibility index (Phi) is 7.06. The number of halogens is 3. The van der Waals surface area contributed by atoms with Crippen LogP contribution in [-0.4, -0.2) is 57.7 Å². The highest BCUT2D eigenvalue weighted by Gasteiger charge is 2.48. The first-order valence-electron chi connectivity index (χ1n) is 11.6. The number of nitrogens with one attached hydrogen (secondary N) is 2. The third-order valence-corrected chi connectivity index (χ3v) is 7.30. The van der Waals surface area contributed by atoms with E-state index in [4.69, 9.17) is 0 Å². The summed E-state index contributed by atoms with van der Waals surface area (Å²) in [4.78, 5) is 26.7. The highest BCUT2D eigenvalue weighted by molar-refractivity contribution is 5.87. The van der Waals surface area contributed by atoms with Gasteiger partial charge in [-0.05, 0) is 68.8 Å². The van der Waals surface area contributed by atoms with Crippen LogP contribution < -0.4 is 5.32 Å². The van der Waals surface area contributed by atoms with Crippen LogP contribution in [0, 0.1) is 17.3 Å². The maximum atomic E-state index is 12.6. The lowest BCUT2D eigenvalue weighted by Gasteiger charge is -2.51. The van der Waals surface area contributed by atoms with E-state index in [1.807, 2.05) is 11.0 Å². The smallest absolute Gasteiger partial charge is 0.350 e. The van der Waals surface area contributed by atoms with E-state index in [1.165, 1.54) is 0 Å². The molecular weight excluding hydrogens is 439 g/mol. The molecule has 2 saturated carbocycles. The number of hydrogen-bond acceptors (Lipinski definition) is 5. The summed E-state index contributed by atoms with van der Waals surface area (Å²) in [6.07, 6.45) is 4.99. The van der Waals surface area contributed by atoms with Crippen molar-refractivity contribution in [3.63, 3.8) is 0 Å². The van der Waals surface area contributed by atoms with Crippen LogP contribution in [0.2, 0.25) is 0 Å². The monoisotopic (exact) mass is 469 g/mol. The first kappa shape index (κ1) is 23.7. The van der Waals surface area contributed by atoms with Gasteiger partial charge in [0.25, 0.3) is 0 Å². The van der Waals surface area contributed by atoms with Crippen molar-refractivity contribution in [2.75, 3.05) is 13.1 Å². The number of rotatable bonds is 6. The van der Waals surface area contributed by atoms with Gasteiger partial charge >= 0.3 is 6.36 Å². The standard InChI is InChI=1S/C22H30F3N5O3/c23-22(24,25)33-18-4-1-15(2-5-18)3-6-19(31)30-9-7-21(8-10-30)11-16(12-21)20(32)26-13-17-14-27-29-28-17/h3,6,14-16,18H,1-2,4-5,7-13H2,(H,26,32)(H,27,28,29). The average molecular weight is 470 g/mol. The molecule has 33 heavy (non-hydrogen) atoms. The lowest BCUT2D eigenvalue weighted by atomic mass is 9.57. The number of aromatic nitrogens is 3. The van der Waals surface area contributed by atoms with Crippen molar-refractivity contribution in [2.45, 2.75) is 70.4 Å². The molecule has 11 heteroatoms. The topological polar surface area (TPSA) is 100 Å². The molecule has 3 aliphatic rings. The molecule has 0 bridgehead atoms. The number of piperidine rings is 1. The van der Waals surface area contributed by atoms with Crippen molar-refractivity contribution in [3.05, 3.63) is 24.0 Å². The van der Waals surface area contributed by atoms with E-state index in [0.717, 1.165) is 25.7 Å². The van der Waals surface area contributed by atoms with Gasteiger partial charge in [0.1, 0.15) is 5.69 Å². The molecule has 0 unspecified atom stereocenters. The maximum absolute atomic E-state index is 12.6. The summed E-state index contributed by atoms with van der Waals surface area (Å²) < 4.78 is 41.1. The fourth-order valence-electron chi connectivity index (χ4n) is 5.32. The molecule has 2 N–H and O–H groups in total. The Labute approximate surface area is 190 Å². The molecule has 4 rings (SSSR count). The van der Waals surface area contributed by atoms with E-state index in [-0.39, 0.29) is 29.1 Å². The second kappa shape index (κ2) is 9.82. The molecule has 1 spiro atoms. The number of allylic oxidation sites excluding steroid dienone is 1. The molecule has 0 radical (unpaired) electrons. The molecule has 8 nitrogen and oxygen atoms in total. The Morgan fingerprint density at radius 3 is 2.52 bits per heavy atom. The first-order chi connectivity index (χ1) is 15.7. The Morgan fingerprint density at radius 1 is 1.21 bits per heavy atom. The molecule has 2 aliphatic carbocycles. The van der Waals surface area contributed by atoms with Gasteiger partial charge in [0.05, 0.1) is 18.8 Å². The number of likely N-dealkylation sites (tertiary alicyclic amines) is 1. The van der Waals surface area contributed by atoms with Crippen molar-refractivity contribution < 1.29 is 27.5 Å². The molecule has 1 aromatic rings. The van der Waals surface area contributed by atoms with E-state index >= 15 is 0 Å². The summed E-state index contributed by atoms with van der Waals surface area (Å²) in [5.41, 5.74) is 0.840. The van der Waals surface area contributed by atoms with Crippen LogP contribution in [0.5, 0.6) is 0 Å². The molecule has 1 aliphatic heterocycles. The van der Waals surface area contributed by atoms with Gasteiger partial charge in [0.15, 0.2) is 0 Å². The van der Waals surface area contributed by atoms with Gasteiger partial charge in [-0.1, -0.05) is 6.08 Å². The lowest BCUT2D eigenvalue weighted by Crippen LogP contribution is -2.51. The van der Waals surface area contributed by atoms with Gasteiger partial charge in [-0.2, -0.15) is 15.4 Å². The van der Waals surface area contributed by atoms with Crippen LogP contribution in [0.25, 0.3) is 0 Å². The van der Waals surface area contributed by atoms with E-state index in [9.17, 15) is 22.8 Å². The lowest BCUT2D eigenvalue weighted by molar-refractivity contribution is -0.345. The summed E-state index contributed by atoms with van der Waals surface area (Å²) in [6.45, 7) is 1.70. The number of alkyl halides is 3.